The van der Waals surface area contributed by atoms with Gasteiger partial charge in [-0.1, -0.05) is 36.4 Å². The van der Waals surface area contributed by atoms with Crippen LogP contribution in [0.4, 0.5) is 5.95 Å². The molecule has 1 heterocycles. The van der Waals surface area contributed by atoms with Crippen molar-refractivity contribution in [3.8, 4) is 0 Å². The molecule has 1 aromatic heterocycles. The third kappa shape index (κ3) is 2.72. The lowest BCUT2D eigenvalue weighted by Gasteiger charge is -2.06. The van der Waals surface area contributed by atoms with Gasteiger partial charge >= 0.3 is 5.97 Å². The average molecular weight is 281 g/mol. The van der Waals surface area contributed by atoms with Crippen LogP contribution in [0, 0.1) is 0 Å². The summed E-state index contributed by atoms with van der Waals surface area (Å²) in [5.74, 6) is -0.424. The predicted octanol–water partition coefficient (Wildman–Crippen LogP) is 2.29. The van der Waals surface area contributed by atoms with E-state index >= 15 is 0 Å². The van der Waals surface area contributed by atoms with Gasteiger partial charge < -0.3 is 15.4 Å². The van der Waals surface area contributed by atoms with E-state index < -0.39 is 5.97 Å². The molecule has 0 saturated heterocycles. The number of aromatic nitrogens is 2. The van der Waals surface area contributed by atoms with Crippen molar-refractivity contribution in [1.82, 2.24) is 9.55 Å². The number of imidazole rings is 1. The molecule has 0 fully saturated rings. The molecule has 5 nitrogen and oxygen atoms in total. The minimum absolute atomic E-state index is 0.0125. The summed E-state index contributed by atoms with van der Waals surface area (Å²) in [6, 6.07) is 15.5. The fourth-order valence-electron chi connectivity index (χ4n) is 2.41. The second kappa shape index (κ2) is 5.28. The van der Waals surface area contributed by atoms with E-state index in [2.05, 4.69) is 4.98 Å². The fraction of sp³-hybridized carbons (Fsp3) is 0.125. The number of hydrogen-bond acceptors (Lipinski definition) is 3. The number of carboxylic acid groups (broad SMARTS) is 1. The van der Waals surface area contributed by atoms with E-state index in [1.165, 1.54) is 0 Å². The molecule has 0 spiro atoms. The van der Waals surface area contributed by atoms with E-state index in [4.69, 9.17) is 10.8 Å². The minimum Gasteiger partial charge on any atom is -0.481 e. The van der Waals surface area contributed by atoms with Crippen molar-refractivity contribution in [3.63, 3.8) is 0 Å². The van der Waals surface area contributed by atoms with Crippen molar-refractivity contribution in [2.45, 2.75) is 13.0 Å². The molecule has 0 aliphatic carbocycles. The second-order valence-corrected chi connectivity index (χ2v) is 4.94. The highest BCUT2D eigenvalue weighted by molar-refractivity contribution is 5.81. The normalized spacial score (nSPS) is 10.9. The molecule has 21 heavy (non-hydrogen) atoms. The molecule has 0 atom stereocenters. The van der Waals surface area contributed by atoms with Gasteiger partial charge in [-0.2, -0.15) is 0 Å². The zero-order chi connectivity index (χ0) is 14.8. The molecular formula is C16H15N3O2. The van der Waals surface area contributed by atoms with Crippen molar-refractivity contribution in [1.29, 1.82) is 0 Å². The van der Waals surface area contributed by atoms with Crippen LogP contribution in [0.2, 0.25) is 0 Å². The maximum absolute atomic E-state index is 10.8. The standard InChI is InChI=1S/C16H15N3O2/c17-16-18-13-8-12(9-15(20)21)6-7-14(13)19(16)10-11-4-2-1-3-5-11/h1-8H,9-10H2,(H2,17,18)(H,20,21). The van der Waals surface area contributed by atoms with Gasteiger partial charge in [0.15, 0.2) is 0 Å². The van der Waals surface area contributed by atoms with Crippen LogP contribution in [0.1, 0.15) is 11.1 Å². The third-order valence-electron chi connectivity index (χ3n) is 3.38. The van der Waals surface area contributed by atoms with Crippen LogP contribution >= 0.6 is 0 Å². The van der Waals surface area contributed by atoms with Crippen LogP contribution < -0.4 is 5.73 Å². The highest BCUT2D eigenvalue weighted by atomic mass is 16.4. The first-order valence-corrected chi connectivity index (χ1v) is 6.64. The van der Waals surface area contributed by atoms with Crippen LogP contribution in [-0.4, -0.2) is 20.6 Å². The number of aliphatic carboxylic acids is 1. The lowest BCUT2D eigenvalue weighted by Crippen LogP contribution is -2.04. The van der Waals surface area contributed by atoms with Gasteiger partial charge in [0.1, 0.15) is 0 Å². The summed E-state index contributed by atoms with van der Waals surface area (Å²) in [7, 11) is 0. The van der Waals surface area contributed by atoms with Crippen LogP contribution in [0.5, 0.6) is 0 Å². The number of nitrogens with two attached hydrogens (primary N) is 1. The molecule has 0 radical (unpaired) electrons. The molecule has 3 N–H and O–H groups in total. The Bertz CT molecular complexity index is 794. The first-order chi connectivity index (χ1) is 10.1. The molecule has 106 valence electrons. The summed E-state index contributed by atoms with van der Waals surface area (Å²) in [6.07, 6.45) is -0.0125. The highest BCUT2D eigenvalue weighted by Gasteiger charge is 2.10. The number of anilines is 1. The zero-order valence-corrected chi connectivity index (χ0v) is 11.4. The van der Waals surface area contributed by atoms with Gasteiger partial charge in [-0.3, -0.25) is 4.79 Å². The van der Waals surface area contributed by atoms with Crippen LogP contribution in [0.3, 0.4) is 0 Å². The minimum atomic E-state index is -0.856. The quantitative estimate of drug-likeness (QED) is 0.768. The maximum atomic E-state index is 10.8. The molecule has 2 aromatic carbocycles. The van der Waals surface area contributed by atoms with Gasteiger partial charge in [-0.25, -0.2) is 4.98 Å². The molecule has 3 rings (SSSR count). The molecule has 3 aromatic rings. The van der Waals surface area contributed by atoms with E-state index in [1.807, 2.05) is 41.0 Å². The first-order valence-electron chi connectivity index (χ1n) is 6.64. The maximum Gasteiger partial charge on any atom is 0.307 e. The SMILES string of the molecule is Nc1nc2cc(CC(=O)O)ccc2n1Cc1ccccc1. The predicted molar refractivity (Wildman–Crippen MR) is 81.0 cm³/mol. The van der Waals surface area contributed by atoms with Crippen LogP contribution in [0.25, 0.3) is 11.0 Å². The third-order valence-corrected chi connectivity index (χ3v) is 3.38. The first kappa shape index (κ1) is 13.2. The number of fused-ring (bicyclic) bond motifs is 1. The van der Waals surface area contributed by atoms with Crippen molar-refractivity contribution >= 4 is 23.0 Å². The smallest absolute Gasteiger partial charge is 0.307 e. The molecular weight excluding hydrogens is 266 g/mol. The highest BCUT2D eigenvalue weighted by Crippen LogP contribution is 2.21. The Labute approximate surface area is 121 Å². The summed E-state index contributed by atoms with van der Waals surface area (Å²) in [5.41, 5.74) is 9.48. The van der Waals surface area contributed by atoms with Crippen molar-refractivity contribution in [2.75, 3.05) is 5.73 Å². The molecule has 0 unspecified atom stereocenters. The summed E-state index contributed by atoms with van der Waals surface area (Å²) in [4.78, 5) is 15.1. The molecule has 0 saturated carbocycles. The number of rotatable bonds is 4. The second-order valence-electron chi connectivity index (χ2n) is 4.94. The van der Waals surface area contributed by atoms with Crippen LogP contribution in [0.15, 0.2) is 48.5 Å². The molecule has 5 heteroatoms. The van der Waals surface area contributed by atoms with Gasteiger partial charge in [0.05, 0.1) is 24.0 Å². The van der Waals surface area contributed by atoms with E-state index in [1.54, 1.807) is 12.1 Å². The number of nitrogen functional groups attached to an aromatic ring is 1. The van der Waals surface area contributed by atoms with E-state index in [0.717, 1.165) is 22.2 Å². The molecule has 0 bridgehead atoms. The number of nitrogens with zero attached hydrogens (tertiary/aromatic N) is 2. The van der Waals surface area contributed by atoms with E-state index in [0.29, 0.717) is 12.5 Å². The van der Waals surface area contributed by atoms with Crippen molar-refractivity contribution in [3.05, 3.63) is 59.7 Å². The largest absolute Gasteiger partial charge is 0.481 e. The number of benzene rings is 2. The monoisotopic (exact) mass is 281 g/mol. The molecule has 0 amide bonds. The van der Waals surface area contributed by atoms with E-state index in [-0.39, 0.29) is 6.42 Å². The van der Waals surface area contributed by atoms with Crippen molar-refractivity contribution < 1.29 is 9.90 Å². The topological polar surface area (TPSA) is 81.1 Å². The van der Waals surface area contributed by atoms with Crippen molar-refractivity contribution in [2.24, 2.45) is 0 Å². The Hall–Kier alpha value is -2.82. The lowest BCUT2D eigenvalue weighted by molar-refractivity contribution is -0.136. The average Bonchev–Trinajstić information content (AvgIpc) is 2.75. The number of carbonyl (C=O) groups is 1. The Morgan fingerprint density at radius 3 is 2.62 bits per heavy atom. The Kier molecular flexibility index (Phi) is 3.31. The summed E-state index contributed by atoms with van der Waals surface area (Å²) in [5, 5.41) is 8.84. The summed E-state index contributed by atoms with van der Waals surface area (Å²) < 4.78 is 1.93. The molecule has 0 aliphatic rings. The van der Waals surface area contributed by atoms with Gasteiger partial charge in [0, 0.05) is 0 Å². The molecule has 0 aliphatic heterocycles. The van der Waals surface area contributed by atoms with Gasteiger partial charge in [-0.15, -0.1) is 0 Å². The number of hydrogen-bond donors (Lipinski definition) is 2. The zero-order valence-electron chi connectivity index (χ0n) is 11.4. The Morgan fingerprint density at radius 1 is 1.14 bits per heavy atom. The van der Waals surface area contributed by atoms with Crippen LogP contribution in [-0.2, 0) is 17.8 Å². The van der Waals surface area contributed by atoms with Gasteiger partial charge in [-0.05, 0) is 23.3 Å². The lowest BCUT2D eigenvalue weighted by atomic mass is 10.1. The Balaban J connectivity index is 1.99. The Morgan fingerprint density at radius 2 is 1.90 bits per heavy atom. The van der Waals surface area contributed by atoms with Gasteiger partial charge in [0.25, 0.3) is 0 Å². The summed E-state index contributed by atoms with van der Waals surface area (Å²) >= 11 is 0. The van der Waals surface area contributed by atoms with Gasteiger partial charge in [0.2, 0.25) is 5.95 Å². The summed E-state index contributed by atoms with van der Waals surface area (Å²) in [6.45, 7) is 0.640. The fourth-order valence-corrected chi connectivity index (χ4v) is 2.41. The van der Waals surface area contributed by atoms with E-state index in [9.17, 15) is 4.79 Å². The number of carboxylic acids is 1.